The topological polar surface area (TPSA) is 58.2 Å². The van der Waals surface area contributed by atoms with Gasteiger partial charge in [-0.05, 0) is 19.1 Å². The molecule has 0 radical (unpaired) electrons. The molecule has 2 aromatic rings. The predicted molar refractivity (Wildman–Crippen MR) is 57.5 cm³/mol. The second kappa shape index (κ2) is 3.55. The summed E-state index contributed by atoms with van der Waals surface area (Å²) in [6, 6.07) is 4.61. The number of benzene rings is 1. The zero-order valence-electron chi connectivity index (χ0n) is 8.04. The SMILES string of the molecule is CC[n+]1csc2cc(S(=O)(=O)O)ccc21. The molecule has 0 bridgehead atoms. The minimum atomic E-state index is -4.09. The zero-order valence-corrected chi connectivity index (χ0v) is 9.68. The summed E-state index contributed by atoms with van der Waals surface area (Å²) in [5.74, 6) is 0. The minimum absolute atomic E-state index is 0.0555. The lowest BCUT2D eigenvalue weighted by molar-refractivity contribution is -0.663. The van der Waals surface area contributed by atoms with Crippen LogP contribution in [0, 0.1) is 0 Å². The molecule has 80 valence electrons. The van der Waals surface area contributed by atoms with Gasteiger partial charge in [0.2, 0.25) is 11.0 Å². The Morgan fingerprint density at radius 1 is 1.47 bits per heavy atom. The number of aromatic nitrogens is 1. The molecule has 1 aromatic carbocycles. The van der Waals surface area contributed by atoms with E-state index in [4.69, 9.17) is 4.55 Å². The number of aryl methyl sites for hydroxylation is 1. The molecule has 0 aliphatic heterocycles. The summed E-state index contributed by atoms with van der Waals surface area (Å²) in [6.45, 7) is 2.86. The minimum Gasteiger partial charge on any atom is -0.282 e. The van der Waals surface area contributed by atoms with Gasteiger partial charge < -0.3 is 0 Å². The highest BCUT2D eigenvalue weighted by Gasteiger charge is 2.15. The van der Waals surface area contributed by atoms with Crippen LogP contribution in [0.2, 0.25) is 0 Å². The maximum absolute atomic E-state index is 10.9. The average molecular weight is 244 g/mol. The molecule has 0 unspecified atom stereocenters. The van der Waals surface area contributed by atoms with Gasteiger partial charge in [0, 0.05) is 6.07 Å². The van der Waals surface area contributed by atoms with Gasteiger partial charge in [-0.25, -0.2) is 0 Å². The molecule has 1 aromatic heterocycles. The van der Waals surface area contributed by atoms with E-state index in [1.54, 1.807) is 6.07 Å². The van der Waals surface area contributed by atoms with Crippen LogP contribution in [-0.4, -0.2) is 13.0 Å². The van der Waals surface area contributed by atoms with Crippen molar-refractivity contribution in [1.29, 1.82) is 0 Å². The Labute approximate surface area is 91.5 Å². The van der Waals surface area contributed by atoms with Crippen molar-refractivity contribution in [2.45, 2.75) is 18.4 Å². The van der Waals surface area contributed by atoms with E-state index in [9.17, 15) is 8.42 Å². The molecule has 0 atom stereocenters. The molecule has 1 N–H and O–H groups in total. The molecule has 0 fully saturated rings. The van der Waals surface area contributed by atoms with Crippen molar-refractivity contribution in [3.63, 3.8) is 0 Å². The average Bonchev–Trinajstić information content (AvgIpc) is 2.58. The third kappa shape index (κ3) is 1.88. The summed E-state index contributed by atoms with van der Waals surface area (Å²) in [5, 5.41) is 0. The largest absolute Gasteiger partial charge is 0.294 e. The van der Waals surface area contributed by atoms with Gasteiger partial charge in [-0.3, -0.25) is 4.55 Å². The third-order valence-electron chi connectivity index (χ3n) is 2.19. The molecule has 0 spiro atoms. The molecule has 0 saturated heterocycles. The first kappa shape index (κ1) is 10.5. The smallest absolute Gasteiger partial charge is 0.282 e. The van der Waals surface area contributed by atoms with Gasteiger partial charge in [0.25, 0.3) is 10.1 Å². The normalized spacial score (nSPS) is 12.1. The van der Waals surface area contributed by atoms with Gasteiger partial charge in [0.15, 0.2) is 0 Å². The molecule has 15 heavy (non-hydrogen) atoms. The first-order valence-corrected chi connectivity index (χ1v) is 6.72. The van der Waals surface area contributed by atoms with E-state index >= 15 is 0 Å². The lowest BCUT2D eigenvalue weighted by Gasteiger charge is -1.94. The Morgan fingerprint density at radius 2 is 2.20 bits per heavy atom. The quantitative estimate of drug-likeness (QED) is 0.642. The van der Waals surface area contributed by atoms with Crippen molar-refractivity contribution in [2.75, 3.05) is 0 Å². The first-order chi connectivity index (χ1) is 7.02. The van der Waals surface area contributed by atoms with Crippen LogP contribution >= 0.6 is 11.3 Å². The van der Waals surface area contributed by atoms with Crippen LogP contribution in [0.3, 0.4) is 0 Å². The standard InChI is InChI=1S/C9H9NO3S2/c1-2-10-6-14-9-5-7(15(11,12)13)3-4-8(9)10/h3-6H,2H2,1H3/p+1. The molecule has 0 aliphatic carbocycles. The van der Waals surface area contributed by atoms with Crippen LogP contribution in [0.5, 0.6) is 0 Å². The van der Waals surface area contributed by atoms with Crippen LogP contribution in [0.25, 0.3) is 10.2 Å². The first-order valence-electron chi connectivity index (χ1n) is 4.40. The second-order valence-electron chi connectivity index (χ2n) is 3.11. The number of fused-ring (bicyclic) bond motifs is 1. The summed E-state index contributed by atoms with van der Waals surface area (Å²) in [6.07, 6.45) is 0. The number of hydrogen-bond donors (Lipinski definition) is 1. The van der Waals surface area contributed by atoms with Crippen molar-refractivity contribution >= 4 is 31.7 Å². The van der Waals surface area contributed by atoms with Crippen LogP contribution in [0.15, 0.2) is 28.6 Å². The molecule has 6 heteroatoms. The molecular weight excluding hydrogens is 234 g/mol. The summed E-state index contributed by atoms with van der Waals surface area (Å²) in [4.78, 5) is -0.0555. The summed E-state index contributed by atoms with van der Waals surface area (Å²) < 4.78 is 33.6. The maximum Gasteiger partial charge on any atom is 0.294 e. The van der Waals surface area contributed by atoms with E-state index < -0.39 is 10.1 Å². The fourth-order valence-electron chi connectivity index (χ4n) is 1.41. The number of rotatable bonds is 2. The Morgan fingerprint density at radius 3 is 2.80 bits per heavy atom. The highest BCUT2D eigenvalue weighted by molar-refractivity contribution is 7.85. The van der Waals surface area contributed by atoms with Crippen LogP contribution in [-0.2, 0) is 16.7 Å². The van der Waals surface area contributed by atoms with Crippen molar-refractivity contribution in [1.82, 2.24) is 0 Å². The van der Waals surface area contributed by atoms with Gasteiger partial charge in [-0.15, -0.1) is 0 Å². The van der Waals surface area contributed by atoms with Crippen LogP contribution in [0.1, 0.15) is 6.92 Å². The summed E-state index contributed by atoms with van der Waals surface area (Å²) in [5.41, 5.74) is 2.91. The van der Waals surface area contributed by atoms with Gasteiger partial charge in [-0.2, -0.15) is 13.0 Å². The van der Waals surface area contributed by atoms with E-state index in [1.807, 2.05) is 17.0 Å². The summed E-state index contributed by atoms with van der Waals surface area (Å²) in [7, 11) is -4.09. The number of hydrogen-bond acceptors (Lipinski definition) is 3. The van der Waals surface area contributed by atoms with Gasteiger partial charge in [0.05, 0.1) is 4.90 Å². The van der Waals surface area contributed by atoms with E-state index in [1.165, 1.54) is 23.5 Å². The van der Waals surface area contributed by atoms with Crippen molar-refractivity contribution in [3.8, 4) is 0 Å². The Balaban J connectivity index is 2.69. The molecule has 0 amide bonds. The van der Waals surface area contributed by atoms with E-state index in [-0.39, 0.29) is 4.90 Å². The molecule has 1 heterocycles. The third-order valence-corrected chi connectivity index (χ3v) is 3.98. The van der Waals surface area contributed by atoms with Crippen molar-refractivity contribution in [2.24, 2.45) is 0 Å². The zero-order chi connectivity index (χ0) is 11.1. The van der Waals surface area contributed by atoms with Gasteiger partial charge >= 0.3 is 0 Å². The monoisotopic (exact) mass is 244 g/mol. The Bertz CT molecular complexity index is 601. The van der Waals surface area contributed by atoms with Gasteiger partial charge in [-0.1, -0.05) is 11.3 Å². The van der Waals surface area contributed by atoms with Crippen molar-refractivity contribution in [3.05, 3.63) is 23.7 Å². The highest BCUT2D eigenvalue weighted by atomic mass is 32.2. The Hall–Kier alpha value is -0.980. The lowest BCUT2D eigenvalue weighted by atomic mass is 10.3. The predicted octanol–water partition coefficient (Wildman–Crippen LogP) is 1.46. The lowest BCUT2D eigenvalue weighted by Crippen LogP contribution is -2.29. The molecule has 0 saturated carbocycles. The maximum atomic E-state index is 10.9. The van der Waals surface area contributed by atoms with E-state index in [0.717, 1.165) is 16.8 Å². The number of nitrogens with zero attached hydrogens (tertiary/aromatic N) is 1. The van der Waals surface area contributed by atoms with Gasteiger partial charge in [0.1, 0.15) is 11.2 Å². The molecule has 4 nitrogen and oxygen atoms in total. The fraction of sp³-hybridized carbons (Fsp3) is 0.222. The molecular formula is C9H10NO3S2+. The number of thiazole rings is 1. The second-order valence-corrected chi connectivity index (χ2v) is 5.42. The van der Waals surface area contributed by atoms with E-state index in [0.29, 0.717) is 0 Å². The Kier molecular flexibility index (Phi) is 2.49. The molecule has 2 rings (SSSR count). The molecule has 0 aliphatic rings. The van der Waals surface area contributed by atoms with Crippen LogP contribution in [0.4, 0.5) is 0 Å². The fourth-order valence-corrected chi connectivity index (χ4v) is 2.99. The summed E-state index contributed by atoms with van der Waals surface area (Å²) >= 11 is 1.46. The van der Waals surface area contributed by atoms with Crippen molar-refractivity contribution < 1.29 is 17.5 Å². The highest BCUT2D eigenvalue weighted by Crippen LogP contribution is 2.20. The van der Waals surface area contributed by atoms with E-state index in [2.05, 4.69) is 0 Å². The van der Waals surface area contributed by atoms with Crippen LogP contribution < -0.4 is 4.57 Å².